The fourth-order valence-electron chi connectivity index (χ4n) is 2.70. The molecule has 3 nitrogen and oxygen atoms in total. The number of likely N-dealkylation sites (tertiary alicyclic amines) is 1. The Kier molecular flexibility index (Phi) is 3.48. The number of rotatable bonds is 3. The molecule has 0 saturated carbocycles. The minimum atomic E-state index is -0.696. The third-order valence-corrected chi connectivity index (χ3v) is 3.82. The monoisotopic (exact) mass is 233 g/mol. The van der Waals surface area contributed by atoms with Crippen molar-refractivity contribution in [3.05, 3.63) is 35.9 Å². The molecule has 2 rings (SSSR count). The molecule has 17 heavy (non-hydrogen) atoms. The van der Waals surface area contributed by atoms with Gasteiger partial charge in [-0.25, -0.2) is 0 Å². The molecule has 1 aliphatic heterocycles. The molecule has 0 spiro atoms. The van der Waals surface area contributed by atoms with Crippen molar-refractivity contribution in [3.8, 4) is 0 Å². The number of aliphatic carboxylic acids is 1. The summed E-state index contributed by atoms with van der Waals surface area (Å²) in [6, 6.07) is 10.1. The summed E-state index contributed by atoms with van der Waals surface area (Å²) in [6.07, 6.45) is 2.10. The average molecular weight is 233 g/mol. The molecular formula is C14H19NO2. The van der Waals surface area contributed by atoms with Gasteiger partial charge in [0.1, 0.15) is 0 Å². The first-order valence-electron chi connectivity index (χ1n) is 6.08. The number of carboxylic acids is 1. The first kappa shape index (κ1) is 12.1. The summed E-state index contributed by atoms with van der Waals surface area (Å²) >= 11 is 0. The Balaban J connectivity index is 2.27. The summed E-state index contributed by atoms with van der Waals surface area (Å²) in [5.74, 6) is -0.696. The lowest BCUT2D eigenvalue weighted by Crippen LogP contribution is -2.42. The number of hydrogen-bond donors (Lipinski definition) is 1. The summed E-state index contributed by atoms with van der Waals surface area (Å²) in [7, 11) is 2.09. The van der Waals surface area contributed by atoms with Crippen LogP contribution in [-0.2, 0) is 10.2 Å². The zero-order valence-corrected chi connectivity index (χ0v) is 10.2. The SMILES string of the molecule is CN1CCC(CC(=O)O)(c2ccccc2)CC1. The van der Waals surface area contributed by atoms with Crippen LogP contribution in [-0.4, -0.2) is 36.1 Å². The minimum Gasteiger partial charge on any atom is -0.481 e. The maximum Gasteiger partial charge on any atom is 0.304 e. The van der Waals surface area contributed by atoms with Gasteiger partial charge in [-0.1, -0.05) is 30.3 Å². The molecule has 1 aromatic rings. The number of piperidine rings is 1. The topological polar surface area (TPSA) is 40.5 Å². The summed E-state index contributed by atoms with van der Waals surface area (Å²) in [5.41, 5.74) is 1.01. The average Bonchev–Trinajstić information content (AvgIpc) is 2.33. The van der Waals surface area contributed by atoms with E-state index in [1.54, 1.807) is 0 Å². The van der Waals surface area contributed by atoms with Crippen LogP contribution in [0.2, 0.25) is 0 Å². The van der Waals surface area contributed by atoms with E-state index < -0.39 is 5.97 Å². The Morgan fingerprint density at radius 2 is 1.88 bits per heavy atom. The number of carbonyl (C=O) groups is 1. The van der Waals surface area contributed by atoms with Gasteiger partial charge in [0.2, 0.25) is 0 Å². The van der Waals surface area contributed by atoms with Gasteiger partial charge in [-0.2, -0.15) is 0 Å². The van der Waals surface area contributed by atoms with E-state index in [0.29, 0.717) is 0 Å². The zero-order chi connectivity index (χ0) is 12.3. The maximum atomic E-state index is 11.1. The van der Waals surface area contributed by atoms with Crippen LogP contribution in [0.3, 0.4) is 0 Å². The highest BCUT2D eigenvalue weighted by Crippen LogP contribution is 2.38. The van der Waals surface area contributed by atoms with E-state index in [9.17, 15) is 4.79 Å². The van der Waals surface area contributed by atoms with E-state index in [-0.39, 0.29) is 11.8 Å². The van der Waals surface area contributed by atoms with Crippen LogP contribution in [0.4, 0.5) is 0 Å². The smallest absolute Gasteiger partial charge is 0.304 e. The Labute approximate surface area is 102 Å². The number of hydrogen-bond acceptors (Lipinski definition) is 2. The van der Waals surface area contributed by atoms with Gasteiger partial charge in [0.25, 0.3) is 0 Å². The second-order valence-electron chi connectivity index (χ2n) is 5.02. The van der Waals surface area contributed by atoms with E-state index in [0.717, 1.165) is 25.9 Å². The molecule has 0 aliphatic carbocycles. The van der Waals surface area contributed by atoms with Gasteiger partial charge in [-0.05, 0) is 38.5 Å². The summed E-state index contributed by atoms with van der Waals surface area (Å²) in [4.78, 5) is 13.4. The molecule has 0 radical (unpaired) electrons. The normalized spacial score (nSPS) is 20.1. The molecule has 1 aromatic carbocycles. The van der Waals surface area contributed by atoms with Gasteiger partial charge in [0.05, 0.1) is 6.42 Å². The largest absolute Gasteiger partial charge is 0.481 e. The highest BCUT2D eigenvalue weighted by Gasteiger charge is 2.37. The van der Waals surface area contributed by atoms with Crippen LogP contribution in [0.25, 0.3) is 0 Å². The Morgan fingerprint density at radius 1 is 1.29 bits per heavy atom. The van der Waals surface area contributed by atoms with E-state index in [1.807, 2.05) is 18.2 Å². The van der Waals surface area contributed by atoms with E-state index in [2.05, 4.69) is 24.1 Å². The first-order chi connectivity index (χ1) is 8.12. The molecule has 1 heterocycles. The molecule has 0 unspecified atom stereocenters. The minimum absolute atomic E-state index is 0.167. The summed E-state index contributed by atoms with van der Waals surface area (Å²) < 4.78 is 0. The molecule has 0 bridgehead atoms. The van der Waals surface area contributed by atoms with E-state index in [1.165, 1.54) is 5.56 Å². The number of nitrogens with zero attached hydrogens (tertiary/aromatic N) is 1. The second-order valence-corrected chi connectivity index (χ2v) is 5.02. The summed E-state index contributed by atoms with van der Waals surface area (Å²) in [5, 5.41) is 9.14. The second kappa shape index (κ2) is 4.88. The predicted octanol–water partition coefficient (Wildman–Crippen LogP) is 2.12. The van der Waals surface area contributed by atoms with Crippen LogP contribution < -0.4 is 0 Å². The van der Waals surface area contributed by atoms with Gasteiger partial charge >= 0.3 is 5.97 Å². The Bertz CT molecular complexity index is 380. The van der Waals surface area contributed by atoms with Gasteiger partial charge in [-0.15, -0.1) is 0 Å². The zero-order valence-electron chi connectivity index (χ0n) is 10.2. The summed E-state index contributed by atoms with van der Waals surface area (Å²) in [6.45, 7) is 1.95. The fourth-order valence-corrected chi connectivity index (χ4v) is 2.70. The van der Waals surface area contributed by atoms with E-state index in [4.69, 9.17) is 5.11 Å². The van der Waals surface area contributed by atoms with Crippen molar-refractivity contribution in [2.45, 2.75) is 24.7 Å². The van der Waals surface area contributed by atoms with Crippen molar-refractivity contribution >= 4 is 5.97 Å². The van der Waals surface area contributed by atoms with Crippen molar-refractivity contribution in [2.75, 3.05) is 20.1 Å². The maximum absolute atomic E-state index is 11.1. The predicted molar refractivity (Wildman–Crippen MR) is 67.1 cm³/mol. The van der Waals surface area contributed by atoms with Crippen molar-refractivity contribution in [1.29, 1.82) is 0 Å². The van der Waals surface area contributed by atoms with Crippen molar-refractivity contribution in [1.82, 2.24) is 4.90 Å². The highest BCUT2D eigenvalue weighted by molar-refractivity contribution is 5.69. The van der Waals surface area contributed by atoms with Gasteiger partial charge in [0.15, 0.2) is 0 Å². The third kappa shape index (κ3) is 2.67. The van der Waals surface area contributed by atoms with Crippen LogP contribution in [0.15, 0.2) is 30.3 Å². The van der Waals surface area contributed by atoms with Crippen LogP contribution in [0.1, 0.15) is 24.8 Å². The molecule has 0 amide bonds. The Hall–Kier alpha value is -1.35. The van der Waals surface area contributed by atoms with Gasteiger partial charge < -0.3 is 10.0 Å². The lowest BCUT2D eigenvalue weighted by atomic mass is 9.70. The molecule has 1 saturated heterocycles. The molecule has 3 heteroatoms. The third-order valence-electron chi connectivity index (χ3n) is 3.82. The molecule has 92 valence electrons. The van der Waals surface area contributed by atoms with Crippen LogP contribution in [0, 0.1) is 0 Å². The van der Waals surface area contributed by atoms with Gasteiger partial charge in [-0.3, -0.25) is 4.79 Å². The molecular weight excluding hydrogens is 214 g/mol. The fraction of sp³-hybridized carbons (Fsp3) is 0.500. The van der Waals surface area contributed by atoms with Crippen LogP contribution in [0.5, 0.6) is 0 Å². The van der Waals surface area contributed by atoms with Crippen molar-refractivity contribution in [3.63, 3.8) is 0 Å². The number of carboxylic acid groups (broad SMARTS) is 1. The van der Waals surface area contributed by atoms with Crippen molar-refractivity contribution < 1.29 is 9.90 Å². The number of benzene rings is 1. The highest BCUT2D eigenvalue weighted by atomic mass is 16.4. The lowest BCUT2D eigenvalue weighted by Gasteiger charge is -2.40. The molecule has 1 N–H and O–H groups in total. The lowest BCUT2D eigenvalue weighted by molar-refractivity contribution is -0.139. The quantitative estimate of drug-likeness (QED) is 0.869. The van der Waals surface area contributed by atoms with Crippen LogP contribution >= 0.6 is 0 Å². The first-order valence-corrected chi connectivity index (χ1v) is 6.08. The molecule has 1 fully saturated rings. The van der Waals surface area contributed by atoms with Crippen molar-refractivity contribution in [2.24, 2.45) is 0 Å². The standard InChI is InChI=1S/C14H19NO2/c1-15-9-7-14(8-10-15,11-13(16)17)12-5-3-2-4-6-12/h2-6H,7-11H2,1H3,(H,16,17). The van der Waals surface area contributed by atoms with E-state index >= 15 is 0 Å². The molecule has 0 aromatic heterocycles. The van der Waals surface area contributed by atoms with Gasteiger partial charge in [0, 0.05) is 5.41 Å². The molecule has 1 aliphatic rings. The Morgan fingerprint density at radius 3 is 2.41 bits per heavy atom. The molecule has 0 atom stereocenters.